The highest BCUT2D eigenvalue weighted by Crippen LogP contribution is 2.24. The second-order valence-corrected chi connectivity index (χ2v) is 4.93. The van der Waals surface area contributed by atoms with E-state index in [1.165, 1.54) is 0 Å². The van der Waals surface area contributed by atoms with Crippen LogP contribution in [0.1, 0.15) is 26.3 Å². The first kappa shape index (κ1) is 14.8. The first-order chi connectivity index (χ1) is 8.38. The lowest BCUT2D eigenvalue weighted by Crippen LogP contribution is -2.44. The molecule has 2 N–H and O–H groups in total. The molecule has 0 amide bonds. The highest BCUT2D eigenvalue weighted by atomic mass is 16.5. The van der Waals surface area contributed by atoms with Gasteiger partial charge in [0.05, 0.1) is 19.8 Å². The minimum Gasteiger partial charge on any atom is -0.497 e. The Hall–Kier alpha value is -1.26. The van der Waals surface area contributed by atoms with Crippen LogP contribution in [0, 0.1) is 0 Å². The third-order valence-corrected chi connectivity index (χ3v) is 3.15. The van der Waals surface area contributed by atoms with E-state index >= 15 is 0 Å². The van der Waals surface area contributed by atoms with Gasteiger partial charge in [0.15, 0.2) is 0 Å². The maximum absolute atomic E-state index is 9.86. The highest BCUT2D eigenvalue weighted by Gasteiger charge is 2.21. The number of methoxy groups -OCH3 is 2. The fraction of sp³-hybridized carbons (Fsp3) is 0.571. The number of hydrogen-bond donors (Lipinski definition) is 2. The van der Waals surface area contributed by atoms with Crippen LogP contribution in [0.5, 0.6) is 11.5 Å². The Morgan fingerprint density at radius 1 is 1.28 bits per heavy atom. The lowest BCUT2D eigenvalue weighted by molar-refractivity contribution is 0.0436. The highest BCUT2D eigenvalue weighted by molar-refractivity contribution is 5.40. The van der Waals surface area contributed by atoms with Gasteiger partial charge in [-0.1, -0.05) is 6.07 Å². The Balaban J connectivity index is 2.73. The molecule has 1 unspecified atom stereocenters. The smallest absolute Gasteiger partial charge is 0.127 e. The maximum atomic E-state index is 9.86. The van der Waals surface area contributed by atoms with Crippen molar-refractivity contribution in [1.29, 1.82) is 0 Å². The van der Waals surface area contributed by atoms with Crippen LogP contribution in [0.25, 0.3) is 0 Å². The summed E-state index contributed by atoms with van der Waals surface area (Å²) in [6.45, 7) is 6.17. The van der Waals surface area contributed by atoms with Crippen LogP contribution < -0.4 is 14.8 Å². The summed E-state index contributed by atoms with van der Waals surface area (Å²) in [4.78, 5) is 0. The minimum absolute atomic E-state index is 0.00990. The molecule has 0 aromatic heterocycles. The van der Waals surface area contributed by atoms with Gasteiger partial charge in [0, 0.05) is 24.2 Å². The number of rotatable bonds is 6. The van der Waals surface area contributed by atoms with Gasteiger partial charge in [0.25, 0.3) is 0 Å². The summed E-state index contributed by atoms with van der Waals surface area (Å²) in [5.74, 6) is 1.55. The van der Waals surface area contributed by atoms with Crippen LogP contribution in [0.4, 0.5) is 0 Å². The van der Waals surface area contributed by atoms with Crippen molar-refractivity contribution in [2.24, 2.45) is 0 Å². The molecule has 102 valence electrons. The molecule has 0 aliphatic rings. The van der Waals surface area contributed by atoms with Crippen LogP contribution in [0.3, 0.4) is 0 Å². The Morgan fingerprint density at radius 3 is 2.44 bits per heavy atom. The second-order valence-electron chi connectivity index (χ2n) is 4.93. The van der Waals surface area contributed by atoms with E-state index in [9.17, 15) is 5.11 Å². The average Bonchev–Trinajstić information content (AvgIpc) is 2.34. The van der Waals surface area contributed by atoms with E-state index in [-0.39, 0.29) is 6.04 Å². The SMILES string of the molecule is COc1ccc(CNC(C)C(C)(C)O)c(OC)c1. The van der Waals surface area contributed by atoms with Gasteiger partial charge < -0.3 is 19.9 Å². The standard InChI is InChI=1S/C14H23NO3/c1-10(14(2,3)16)15-9-11-6-7-12(17-4)8-13(11)18-5/h6-8,10,15-16H,9H2,1-5H3. The van der Waals surface area contributed by atoms with E-state index in [4.69, 9.17) is 9.47 Å². The van der Waals surface area contributed by atoms with Gasteiger partial charge in [-0.3, -0.25) is 0 Å². The van der Waals surface area contributed by atoms with E-state index in [0.717, 1.165) is 17.1 Å². The van der Waals surface area contributed by atoms with Crippen molar-refractivity contribution in [2.75, 3.05) is 14.2 Å². The van der Waals surface area contributed by atoms with E-state index < -0.39 is 5.60 Å². The number of nitrogens with one attached hydrogen (secondary N) is 1. The molecular weight excluding hydrogens is 230 g/mol. The van der Waals surface area contributed by atoms with Crippen molar-refractivity contribution in [2.45, 2.75) is 39.0 Å². The van der Waals surface area contributed by atoms with E-state index in [1.807, 2.05) is 25.1 Å². The van der Waals surface area contributed by atoms with Gasteiger partial charge in [0.2, 0.25) is 0 Å². The molecule has 0 aliphatic carbocycles. The summed E-state index contributed by atoms with van der Waals surface area (Å²) in [5.41, 5.74) is 0.286. The van der Waals surface area contributed by atoms with Crippen molar-refractivity contribution in [3.8, 4) is 11.5 Å². The van der Waals surface area contributed by atoms with Gasteiger partial charge in [0.1, 0.15) is 11.5 Å². The van der Waals surface area contributed by atoms with Crippen LogP contribution in [0.15, 0.2) is 18.2 Å². The number of benzene rings is 1. The zero-order chi connectivity index (χ0) is 13.8. The summed E-state index contributed by atoms with van der Waals surface area (Å²) in [7, 11) is 3.26. The molecule has 0 radical (unpaired) electrons. The Kier molecular flexibility index (Phi) is 4.99. The van der Waals surface area contributed by atoms with Crippen LogP contribution in [-0.2, 0) is 6.54 Å². The van der Waals surface area contributed by atoms with Crippen LogP contribution >= 0.6 is 0 Å². The molecule has 0 saturated carbocycles. The largest absolute Gasteiger partial charge is 0.497 e. The predicted octanol–water partition coefficient (Wildman–Crippen LogP) is 1.95. The maximum Gasteiger partial charge on any atom is 0.127 e. The van der Waals surface area contributed by atoms with Gasteiger partial charge in [-0.2, -0.15) is 0 Å². The van der Waals surface area contributed by atoms with Crippen molar-refractivity contribution in [3.05, 3.63) is 23.8 Å². The number of aliphatic hydroxyl groups is 1. The molecule has 0 bridgehead atoms. The molecular formula is C14H23NO3. The first-order valence-corrected chi connectivity index (χ1v) is 6.05. The topological polar surface area (TPSA) is 50.7 Å². The molecule has 1 rings (SSSR count). The molecule has 4 heteroatoms. The van der Waals surface area contributed by atoms with E-state index in [2.05, 4.69) is 5.32 Å². The molecule has 1 aromatic carbocycles. The Labute approximate surface area is 109 Å². The minimum atomic E-state index is -0.750. The van der Waals surface area contributed by atoms with Crippen LogP contribution in [-0.4, -0.2) is 31.0 Å². The summed E-state index contributed by atoms with van der Waals surface area (Å²) in [6, 6.07) is 5.70. The zero-order valence-corrected chi connectivity index (χ0v) is 11.8. The molecule has 1 aromatic rings. The molecule has 0 heterocycles. The van der Waals surface area contributed by atoms with Crippen molar-refractivity contribution >= 4 is 0 Å². The third-order valence-electron chi connectivity index (χ3n) is 3.15. The van der Waals surface area contributed by atoms with Crippen LogP contribution in [0.2, 0.25) is 0 Å². The first-order valence-electron chi connectivity index (χ1n) is 6.05. The molecule has 0 saturated heterocycles. The van der Waals surface area contributed by atoms with Crippen molar-refractivity contribution in [3.63, 3.8) is 0 Å². The Morgan fingerprint density at radius 2 is 1.94 bits per heavy atom. The molecule has 18 heavy (non-hydrogen) atoms. The predicted molar refractivity (Wildman–Crippen MR) is 72.1 cm³/mol. The van der Waals surface area contributed by atoms with Crippen molar-refractivity contribution < 1.29 is 14.6 Å². The van der Waals surface area contributed by atoms with Gasteiger partial charge in [-0.15, -0.1) is 0 Å². The summed E-state index contributed by atoms with van der Waals surface area (Å²) < 4.78 is 10.5. The lowest BCUT2D eigenvalue weighted by atomic mass is 10.0. The second kappa shape index (κ2) is 6.07. The fourth-order valence-corrected chi connectivity index (χ4v) is 1.51. The van der Waals surface area contributed by atoms with E-state index in [0.29, 0.717) is 6.54 Å². The third kappa shape index (κ3) is 3.89. The summed E-state index contributed by atoms with van der Waals surface area (Å²) in [5, 5.41) is 13.1. The molecule has 0 fully saturated rings. The molecule has 4 nitrogen and oxygen atoms in total. The van der Waals surface area contributed by atoms with Crippen molar-refractivity contribution in [1.82, 2.24) is 5.32 Å². The van der Waals surface area contributed by atoms with Gasteiger partial charge >= 0.3 is 0 Å². The summed E-state index contributed by atoms with van der Waals surface area (Å²) >= 11 is 0. The lowest BCUT2D eigenvalue weighted by Gasteiger charge is -2.27. The van der Waals surface area contributed by atoms with Gasteiger partial charge in [-0.05, 0) is 26.8 Å². The average molecular weight is 253 g/mol. The number of hydrogen-bond acceptors (Lipinski definition) is 4. The van der Waals surface area contributed by atoms with E-state index in [1.54, 1.807) is 28.1 Å². The quantitative estimate of drug-likeness (QED) is 0.813. The monoisotopic (exact) mass is 253 g/mol. The molecule has 1 atom stereocenters. The number of ether oxygens (including phenoxy) is 2. The molecule has 0 aliphatic heterocycles. The summed E-state index contributed by atoms with van der Waals surface area (Å²) in [6.07, 6.45) is 0. The Bertz CT molecular complexity index is 385. The molecule has 0 spiro atoms. The fourth-order valence-electron chi connectivity index (χ4n) is 1.51. The van der Waals surface area contributed by atoms with Gasteiger partial charge in [-0.25, -0.2) is 0 Å². The zero-order valence-electron chi connectivity index (χ0n) is 11.8. The normalized spacial score (nSPS) is 13.2.